The normalized spacial score (nSPS) is 10.0. The number of aliphatic carboxylic acids is 1. The maximum absolute atomic E-state index is 10.4. The fourth-order valence-corrected chi connectivity index (χ4v) is 1.68. The van der Waals surface area contributed by atoms with Gasteiger partial charge in [0.25, 0.3) is 0 Å². The maximum Gasteiger partial charge on any atom is 0.341 e. The predicted molar refractivity (Wildman–Crippen MR) is 73.7 cm³/mol. The predicted octanol–water partition coefficient (Wildman–Crippen LogP) is 1.62. The Morgan fingerprint density at radius 1 is 1.10 bits per heavy atom. The van der Waals surface area contributed by atoms with E-state index in [1.807, 2.05) is 6.07 Å². The van der Waals surface area contributed by atoms with E-state index in [0.29, 0.717) is 11.5 Å². The Hall–Kier alpha value is -2.83. The van der Waals surface area contributed by atoms with Crippen molar-refractivity contribution in [2.24, 2.45) is 0 Å². The lowest BCUT2D eigenvalue weighted by atomic mass is 10.1. The number of hydrogen-bond donors (Lipinski definition) is 1. The minimum absolute atomic E-state index is 0.0154. The van der Waals surface area contributed by atoms with E-state index in [1.54, 1.807) is 38.7 Å². The third-order valence-electron chi connectivity index (χ3n) is 2.67. The highest BCUT2D eigenvalue weighted by Gasteiger charge is 2.08. The van der Waals surface area contributed by atoms with Crippen LogP contribution in [-0.2, 0) is 4.79 Å². The number of rotatable bonds is 6. The van der Waals surface area contributed by atoms with Gasteiger partial charge in [0.1, 0.15) is 0 Å². The van der Waals surface area contributed by atoms with Crippen LogP contribution in [0.25, 0.3) is 11.1 Å². The first-order valence-electron chi connectivity index (χ1n) is 6.03. The van der Waals surface area contributed by atoms with E-state index in [4.69, 9.17) is 19.3 Å². The molecule has 0 spiro atoms. The number of hydrogen-bond acceptors (Lipinski definition) is 6. The molecule has 0 saturated carbocycles. The van der Waals surface area contributed by atoms with Crippen molar-refractivity contribution >= 4 is 5.97 Å². The van der Waals surface area contributed by atoms with Crippen molar-refractivity contribution in [3.63, 3.8) is 0 Å². The van der Waals surface area contributed by atoms with Gasteiger partial charge >= 0.3 is 12.0 Å². The van der Waals surface area contributed by atoms with Crippen LogP contribution < -0.4 is 14.2 Å². The zero-order valence-corrected chi connectivity index (χ0v) is 11.6. The molecule has 0 fully saturated rings. The monoisotopic (exact) mass is 290 g/mol. The van der Waals surface area contributed by atoms with Crippen LogP contribution in [0.1, 0.15) is 0 Å². The minimum atomic E-state index is -1.08. The van der Waals surface area contributed by atoms with Gasteiger partial charge in [0.2, 0.25) is 0 Å². The Balaban J connectivity index is 2.20. The molecule has 0 aliphatic rings. The van der Waals surface area contributed by atoms with Crippen molar-refractivity contribution in [3.05, 3.63) is 30.6 Å². The first-order valence-corrected chi connectivity index (χ1v) is 6.03. The van der Waals surface area contributed by atoms with E-state index in [9.17, 15) is 4.79 Å². The SMILES string of the molecule is COc1ccc(-c2cnc(OCC(=O)O)nc2)cc1OC. The summed E-state index contributed by atoms with van der Waals surface area (Å²) in [5.41, 5.74) is 1.59. The topological polar surface area (TPSA) is 90.8 Å². The molecule has 0 amide bonds. The minimum Gasteiger partial charge on any atom is -0.493 e. The lowest BCUT2D eigenvalue weighted by Crippen LogP contribution is -2.11. The molecule has 0 unspecified atom stereocenters. The van der Waals surface area contributed by atoms with Crippen molar-refractivity contribution in [3.8, 4) is 28.6 Å². The number of carbonyl (C=O) groups is 1. The van der Waals surface area contributed by atoms with Crippen LogP contribution in [0.2, 0.25) is 0 Å². The van der Waals surface area contributed by atoms with Crippen molar-refractivity contribution in [2.75, 3.05) is 20.8 Å². The fourth-order valence-electron chi connectivity index (χ4n) is 1.68. The van der Waals surface area contributed by atoms with Gasteiger partial charge in [0.15, 0.2) is 18.1 Å². The highest BCUT2D eigenvalue weighted by molar-refractivity contribution is 5.68. The second-order valence-corrected chi connectivity index (χ2v) is 4.01. The Bertz CT molecular complexity index is 628. The highest BCUT2D eigenvalue weighted by atomic mass is 16.5. The van der Waals surface area contributed by atoms with Gasteiger partial charge in [-0.15, -0.1) is 0 Å². The number of carboxylic acid groups (broad SMARTS) is 1. The van der Waals surface area contributed by atoms with Gasteiger partial charge in [-0.1, -0.05) is 6.07 Å². The number of nitrogens with zero attached hydrogens (tertiary/aromatic N) is 2. The van der Waals surface area contributed by atoms with Crippen LogP contribution in [0.4, 0.5) is 0 Å². The summed E-state index contributed by atoms with van der Waals surface area (Å²) in [5.74, 6) is 0.146. The lowest BCUT2D eigenvalue weighted by molar-refractivity contribution is -0.139. The average molecular weight is 290 g/mol. The third kappa shape index (κ3) is 3.59. The smallest absolute Gasteiger partial charge is 0.341 e. The van der Waals surface area contributed by atoms with Crippen LogP contribution in [0.5, 0.6) is 17.5 Å². The molecule has 0 radical (unpaired) electrons. The van der Waals surface area contributed by atoms with Crippen molar-refractivity contribution in [1.29, 1.82) is 0 Å². The lowest BCUT2D eigenvalue weighted by Gasteiger charge is -2.09. The third-order valence-corrected chi connectivity index (χ3v) is 2.67. The molecule has 1 aromatic carbocycles. The molecule has 2 rings (SSSR count). The zero-order chi connectivity index (χ0) is 15.2. The van der Waals surface area contributed by atoms with Gasteiger partial charge < -0.3 is 19.3 Å². The molecule has 0 aliphatic carbocycles. The van der Waals surface area contributed by atoms with E-state index in [-0.39, 0.29) is 6.01 Å². The van der Waals surface area contributed by atoms with Crippen LogP contribution in [0, 0.1) is 0 Å². The number of carboxylic acids is 1. The molecule has 2 aromatic rings. The Morgan fingerprint density at radius 3 is 2.33 bits per heavy atom. The van der Waals surface area contributed by atoms with Gasteiger partial charge in [0.05, 0.1) is 14.2 Å². The van der Waals surface area contributed by atoms with E-state index >= 15 is 0 Å². The maximum atomic E-state index is 10.4. The molecule has 1 N–H and O–H groups in total. The summed E-state index contributed by atoms with van der Waals surface area (Å²) in [6.45, 7) is -0.476. The number of ether oxygens (including phenoxy) is 3. The molecule has 7 heteroatoms. The van der Waals surface area contributed by atoms with Crippen molar-refractivity contribution < 1.29 is 24.1 Å². The van der Waals surface area contributed by atoms with E-state index in [1.165, 1.54) is 0 Å². The number of benzene rings is 1. The standard InChI is InChI=1S/C14H14N2O5/c1-19-11-4-3-9(5-12(11)20-2)10-6-15-14(16-7-10)21-8-13(17)18/h3-7H,8H2,1-2H3,(H,17,18). The second kappa shape index (κ2) is 6.56. The first-order chi connectivity index (χ1) is 10.1. The van der Waals surface area contributed by atoms with Crippen LogP contribution in [0.15, 0.2) is 30.6 Å². The van der Waals surface area contributed by atoms with E-state index < -0.39 is 12.6 Å². The van der Waals surface area contributed by atoms with Gasteiger partial charge in [-0.3, -0.25) is 0 Å². The second-order valence-electron chi connectivity index (χ2n) is 4.01. The first kappa shape index (κ1) is 14.6. The molecule has 0 atom stereocenters. The summed E-state index contributed by atoms with van der Waals surface area (Å²) < 4.78 is 15.3. The van der Waals surface area contributed by atoms with Crippen molar-refractivity contribution in [1.82, 2.24) is 9.97 Å². The Kier molecular flexibility index (Phi) is 4.55. The summed E-state index contributed by atoms with van der Waals surface area (Å²) in [7, 11) is 3.12. The van der Waals surface area contributed by atoms with Gasteiger partial charge in [-0.25, -0.2) is 14.8 Å². The highest BCUT2D eigenvalue weighted by Crippen LogP contribution is 2.31. The summed E-state index contributed by atoms with van der Waals surface area (Å²) in [6, 6.07) is 5.44. The summed E-state index contributed by atoms with van der Waals surface area (Å²) in [5, 5.41) is 8.51. The molecule has 7 nitrogen and oxygen atoms in total. The fraction of sp³-hybridized carbons (Fsp3) is 0.214. The molecule has 21 heavy (non-hydrogen) atoms. The number of aromatic nitrogens is 2. The molecule has 0 aliphatic heterocycles. The number of methoxy groups -OCH3 is 2. The molecule has 1 aromatic heterocycles. The molecular weight excluding hydrogens is 276 g/mol. The molecular formula is C14H14N2O5. The average Bonchev–Trinajstić information content (AvgIpc) is 2.52. The molecule has 0 bridgehead atoms. The van der Waals surface area contributed by atoms with E-state index in [2.05, 4.69) is 9.97 Å². The van der Waals surface area contributed by atoms with Crippen LogP contribution in [0.3, 0.4) is 0 Å². The summed E-state index contributed by atoms with van der Waals surface area (Å²) >= 11 is 0. The Morgan fingerprint density at radius 2 is 1.76 bits per heavy atom. The van der Waals surface area contributed by atoms with Crippen LogP contribution in [-0.4, -0.2) is 41.9 Å². The quantitative estimate of drug-likeness (QED) is 0.864. The summed E-state index contributed by atoms with van der Waals surface area (Å²) in [6.07, 6.45) is 3.09. The van der Waals surface area contributed by atoms with Gasteiger partial charge in [-0.05, 0) is 17.7 Å². The van der Waals surface area contributed by atoms with Gasteiger partial charge in [0, 0.05) is 18.0 Å². The zero-order valence-electron chi connectivity index (χ0n) is 11.6. The Labute approximate surface area is 121 Å². The van der Waals surface area contributed by atoms with E-state index in [0.717, 1.165) is 11.1 Å². The molecule has 1 heterocycles. The molecule has 0 saturated heterocycles. The van der Waals surface area contributed by atoms with Crippen molar-refractivity contribution in [2.45, 2.75) is 0 Å². The summed E-state index contributed by atoms with van der Waals surface area (Å²) in [4.78, 5) is 18.3. The van der Waals surface area contributed by atoms with Gasteiger partial charge in [-0.2, -0.15) is 0 Å². The molecule has 110 valence electrons. The largest absolute Gasteiger partial charge is 0.493 e. The van der Waals surface area contributed by atoms with Crippen LogP contribution >= 0.6 is 0 Å².